The van der Waals surface area contributed by atoms with Gasteiger partial charge < -0.3 is 20.1 Å². The number of ether oxygens (including phenoxy) is 2. The highest BCUT2D eigenvalue weighted by Crippen LogP contribution is 2.27. The number of aromatic nitrogens is 1. The SMILES string of the molecule is CNC(=O)c1cc(Oc2ccc(NC(=O)/C=C/c3ccc(F)c(OC(F)(F)F)c3)cc2)ccn1. The zero-order valence-corrected chi connectivity index (χ0v) is 17.5. The van der Waals surface area contributed by atoms with Crippen LogP contribution in [0.3, 0.4) is 0 Å². The Kier molecular flexibility index (Phi) is 7.46. The van der Waals surface area contributed by atoms with Gasteiger partial charge in [0.15, 0.2) is 11.6 Å². The first-order chi connectivity index (χ1) is 16.1. The van der Waals surface area contributed by atoms with Gasteiger partial charge in [0, 0.05) is 31.1 Å². The molecule has 34 heavy (non-hydrogen) atoms. The minimum atomic E-state index is -5.04. The highest BCUT2D eigenvalue weighted by molar-refractivity contribution is 6.02. The number of anilines is 1. The highest BCUT2D eigenvalue weighted by Gasteiger charge is 2.32. The summed E-state index contributed by atoms with van der Waals surface area (Å²) in [5, 5.41) is 5.03. The summed E-state index contributed by atoms with van der Waals surface area (Å²) in [4.78, 5) is 27.7. The molecule has 2 aromatic carbocycles. The Morgan fingerprint density at radius 1 is 1.00 bits per heavy atom. The van der Waals surface area contributed by atoms with Crippen molar-refractivity contribution in [1.29, 1.82) is 0 Å². The predicted molar refractivity (Wildman–Crippen MR) is 115 cm³/mol. The topological polar surface area (TPSA) is 89.6 Å². The molecule has 0 aliphatic rings. The van der Waals surface area contributed by atoms with E-state index in [2.05, 4.69) is 20.4 Å². The molecule has 0 unspecified atom stereocenters. The Bertz CT molecular complexity index is 1210. The van der Waals surface area contributed by atoms with Gasteiger partial charge in [-0.15, -0.1) is 13.2 Å². The number of carbonyl (C=O) groups excluding carboxylic acids is 2. The average Bonchev–Trinajstić information content (AvgIpc) is 2.79. The normalized spacial score (nSPS) is 11.2. The summed E-state index contributed by atoms with van der Waals surface area (Å²) in [5.41, 5.74) is 0.741. The molecule has 7 nitrogen and oxygen atoms in total. The number of rotatable bonds is 7. The van der Waals surface area contributed by atoms with Crippen molar-refractivity contribution >= 4 is 23.6 Å². The van der Waals surface area contributed by atoms with Crippen molar-refractivity contribution in [3.63, 3.8) is 0 Å². The molecule has 0 saturated heterocycles. The summed E-state index contributed by atoms with van der Waals surface area (Å²) in [5.74, 6) is -2.28. The van der Waals surface area contributed by atoms with Crippen LogP contribution in [0, 0.1) is 5.82 Å². The smallest absolute Gasteiger partial charge is 0.457 e. The summed E-state index contributed by atoms with van der Waals surface area (Å²) in [6.07, 6.45) is -1.32. The quantitative estimate of drug-likeness (QED) is 0.374. The molecule has 3 aromatic rings. The van der Waals surface area contributed by atoms with E-state index in [1.807, 2.05) is 0 Å². The first kappa shape index (κ1) is 24.2. The second kappa shape index (κ2) is 10.5. The molecule has 1 heterocycles. The third-order valence-electron chi connectivity index (χ3n) is 4.16. The van der Waals surface area contributed by atoms with Gasteiger partial charge in [0.2, 0.25) is 5.91 Å². The summed E-state index contributed by atoms with van der Waals surface area (Å²) in [7, 11) is 1.49. The van der Waals surface area contributed by atoms with Gasteiger partial charge in [0.1, 0.15) is 17.2 Å². The van der Waals surface area contributed by atoms with Gasteiger partial charge in [0.25, 0.3) is 5.91 Å². The van der Waals surface area contributed by atoms with Crippen LogP contribution in [-0.2, 0) is 4.79 Å². The average molecular weight is 475 g/mol. The zero-order valence-electron chi connectivity index (χ0n) is 17.5. The molecule has 0 bridgehead atoms. The molecule has 2 N–H and O–H groups in total. The van der Waals surface area contributed by atoms with E-state index in [9.17, 15) is 27.2 Å². The van der Waals surface area contributed by atoms with Gasteiger partial charge in [-0.3, -0.25) is 14.6 Å². The fraction of sp³-hybridized carbons (Fsp3) is 0.0870. The molecular formula is C23H17F4N3O4. The number of hydrogen-bond acceptors (Lipinski definition) is 5. The number of hydrogen-bond donors (Lipinski definition) is 2. The van der Waals surface area contributed by atoms with Gasteiger partial charge in [-0.25, -0.2) is 4.39 Å². The number of alkyl halides is 3. The molecule has 0 aliphatic carbocycles. The maximum absolute atomic E-state index is 13.5. The number of halogens is 4. The summed E-state index contributed by atoms with van der Waals surface area (Å²) in [6, 6.07) is 12.2. The van der Waals surface area contributed by atoms with Crippen LogP contribution < -0.4 is 20.1 Å². The standard InChI is InChI=1S/C23H17F4N3O4/c1-28-22(32)19-13-17(10-11-29-19)33-16-6-4-15(5-7-16)30-21(31)9-3-14-2-8-18(24)20(12-14)34-23(25,26)27/h2-13H,1H3,(H,28,32)(H,30,31)/b9-3+. The van der Waals surface area contributed by atoms with Crippen LogP contribution in [-0.4, -0.2) is 30.2 Å². The summed E-state index contributed by atoms with van der Waals surface area (Å²) in [6.45, 7) is 0. The second-order valence-corrected chi connectivity index (χ2v) is 6.64. The van der Waals surface area contributed by atoms with Crippen LogP contribution in [0.5, 0.6) is 17.2 Å². The molecule has 0 atom stereocenters. The van der Waals surface area contributed by atoms with Crippen molar-refractivity contribution in [1.82, 2.24) is 10.3 Å². The van der Waals surface area contributed by atoms with Gasteiger partial charge in [-0.05, 0) is 54.1 Å². The number of amides is 2. The Morgan fingerprint density at radius 2 is 1.74 bits per heavy atom. The van der Waals surface area contributed by atoms with Gasteiger partial charge >= 0.3 is 6.36 Å². The summed E-state index contributed by atoms with van der Waals surface area (Å²) < 4.78 is 59.7. The van der Waals surface area contributed by atoms with E-state index in [1.54, 1.807) is 30.3 Å². The maximum Gasteiger partial charge on any atom is 0.573 e. The van der Waals surface area contributed by atoms with Gasteiger partial charge in [-0.2, -0.15) is 0 Å². The van der Waals surface area contributed by atoms with Crippen molar-refractivity contribution in [2.24, 2.45) is 0 Å². The van der Waals surface area contributed by atoms with Crippen LogP contribution in [0.1, 0.15) is 16.1 Å². The molecule has 0 aliphatic heterocycles. The fourth-order valence-corrected chi connectivity index (χ4v) is 2.65. The Hall–Kier alpha value is -4.41. The van der Waals surface area contributed by atoms with E-state index in [0.717, 1.165) is 18.2 Å². The highest BCUT2D eigenvalue weighted by atomic mass is 19.4. The van der Waals surface area contributed by atoms with Crippen LogP contribution in [0.15, 0.2) is 66.9 Å². The van der Waals surface area contributed by atoms with Gasteiger partial charge in [0.05, 0.1) is 0 Å². The second-order valence-electron chi connectivity index (χ2n) is 6.64. The lowest BCUT2D eigenvalue weighted by molar-refractivity contribution is -0.275. The molecule has 176 valence electrons. The number of carbonyl (C=O) groups is 2. The molecule has 0 radical (unpaired) electrons. The molecule has 0 fully saturated rings. The van der Waals surface area contributed by atoms with Crippen LogP contribution in [0.2, 0.25) is 0 Å². The molecule has 1 aromatic heterocycles. The third-order valence-corrected chi connectivity index (χ3v) is 4.16. The molecule has 2 amide bonds. The first-order valence-electron chi connectivity index (χ1n) is 9.63. The number of nitrogens with one attached hydrogen (secondary N) is 2. The van der Waals surface area contributed by atoms with E-state index in [4.69, 9.17) is 4.74 Å². The molecule has 0 saturated carbocycles. The van der Waals surface area contributed by atoms with Crippen LogP contribution in [0.25, 0.3) is 6.08 Å². The zero-order chi connectivity index (χ0) is 24.7. The largest absolute Gasteiger partial charge is 0.573 e. The Morgan fingerprint density at radius 3 is 2.41 bits per heavy atom. The van der Waals surface area contributed by atoms with Crippen molar-refractivity contribution in [2.45, 2.75) is 6.36 Å². The molecule has 11 heteroatoms. The van der Waals surface area contributed by atoms with Crippen LogP contribution in [0.4, 0.5) is 23.2 Å². The van der Waals surface area contributed by atoms with Crippen molar-refractivity contribution in [2.75, 3.05) is 12.4 Å². The lowest BCUT2D eigenvalue weighted by Gasteiger charge is -2.10. The molecular weight excluding hydrogens is 458 g/mol. The fourth-order valence-electron chi connectivity index (χ4n) is 2.65. The number of pyridine rings is 1. The minimum absolute atomic E-state index is 0.132. The predicted octanol–water partition coefficient (Wildman–Crippen LogP) is 4.92. The molecule has 0 spiro atoms. The van der Waals surface area contributed by atoms with E-state index in [0.29, 0.717) is 17.2 Å². The lowest BCUT2D eigenvalue weighted by atomic mass is 10.2. The first-order valence-corrected chi connectivity index (χ1v) is 9.63. The third kappa shape index (κ3) is 7.05. The Labute approximate surface area is 191 Å². The molecule has 3 rings (SSSR count). The number of nitrogens with zero attached hydrogens (tertiary/aromatic N) is 1. The van der Waals surface area contributed by atoms with Crippen molar-refractivity contribution in [3.8, 4) is 17.2 Å². The van der Waals surface area contributed by atoms with Crippen molar-refractivity contribution < 1.29 is 36.6 Å². The van der Waals surface area contributed by atoms with E-state index in [-0.39, 0.29) is 17.2 Å². The minimum Gasteiger partial charge on any atom is -0.457 e. The summed E-state index contributed by atoms with van der Waals surface area (Å²) >= 11 is 0. The van der Waals surface area contributed by atoms with Crippen molar-refractivity contribution in [3.05, 3.63) is 83.9 Å². The maximum atomic E-state index is 13.5. The Balaban J connectivity index is 1.60. The van der Waals surface area contributed by atoms with E-state index in [1.165, 1.54) is 31.5 Å². The van der Waals surface area contributed by atoms with Crippen LogP contribution >= 0.6 is 0 Å². The van der Waals surface area contributed by atoms with Gasteiger partial charge in [-0.1, -0.05) is 6.07 Å². The number of benzene rings is 2. The van der Waals surface area contributed by atoms with E-state index < -0.39 is 23.8 Å². The monoisotopic (exact) mass is 475 g/mol. The van der Waals surface area contributed by atoms with E-state index >= 15 is 0 Å². The lowest BCUT2D eigenvalue weighted by Crippen LogP contribution is -2.18.